The van der Waals surface area contributed by atoms with Crippen LogP contribution in [0.5, 0.6) is 0 Å². The molecule has 4 rings (SSSR count). The molecule has 1 aromatic carbocycles. The molecule has 122 valence electrons. The van der Waals surface area contributed by atoms with Crippen LogP contribution in [0.15, 0.2) is 35.7 Å². The minimum atomic E-state index is 0.341. The first-order valence-electron chi connectivity index (χ1n) is 8.31. The van der Waals surface area contributed by atoms with E-state index in [0.717, 1.165) is 45.0 Å². The van der Waals surface area contributed by atoms with E-state index in [1.807, 2.05) is 0 Å². The van der Waals surface area contributed by atoms with Crippen LogP contribution in [0.1, 0.15) is 16.3 Å². The van der Waals surface area contributed by atoms with E-state index in [0.29, 0.717) is 12.1 Å². The Morgan fingerprint density at radius 3 is 2.87 bits per heavy atom. The second-order valence-electron chi connectivity index (χ2n) is 6.51. The molecule has 0 radical (unpaired) electrons. The Labute approximate surface area is 141 Å². The van der Waals surface area contributed by atoms with Gasteiger partial charge in [0.15, 0.2) is 0 Å². The topological polar surface area (TPSA) is 28.6 Å². The van der Waals surface area contributed by atoms with Gasteiger partial charge in [0.05, 0.1) is 25.3 Å². The first-order valence-corrected chi connectivity index (χ1v) is 9.19. The molecule has 0 spiro atoms. The minimum Gasteiger partial charge on any atom is -0.374 e. The summed E-state index contributed by atoms with van der Waals surface area (Å²) in [5.41, 5.74) is 2.52. The maximum absolute atomic E-state index is 6.04. The lowest BCUT2D eigenvalue weighted by molar-refractivity contribution is -0.0504. The van der Waals surface area contributed by atoms with Gasteiger partial charge in [-0.05, 0) is 12.5 Å². The number of hydrogen-bond donors (Lipinski definition) is 0. The van der Waals surface area contributed by atoms with Crippen molar-refractivity contribution < 1.29 is 4.74 Å². The molecule has 2 fully saturated rings. The molecule has 0 saturated carbocycles. The van der Waals surface area contributed by atoms with E-state index in [-0.39, 0.29) is 0 Å². The van der Waals surface area contributed by atoms with Crippen LogP contribution in [0.25, 0.3) is 0 Å². The summed E-state index contributed by atoms with van der Waals surface area (Å²) < 4.78 is 6.04. The number of benzene rings is 1. The lowest BCUT2D eigenvalue weighted by Crippen LogP contribution is -2.50. The molecule has 1 aromatic heterocycles. The van der Waals surface area contributed by atoms with Gasteiger partial charge in [0.2, 0.25) is 0 Å². The summed E-state index contributed by atoms with van der Waals surface area (Å²) >= 11 is 1.77. The number of thiazole rings is 1. The van der Waals surface area contributed by atoms with Gasteiger partial charge in [-0.3, -0.25) is 9.80 Å². The lowest BCUT2D eigenvalue weighted by Gasteiger charge is -2.37. The second-order valence-corrected chi connectivity index (χ2v) is 7.45. The van der Waals surface area contributed by atoms with Crippen LogP contribution in [-0.4, -0.2) is 53.2 Å². The molecule has 2 aromatic rings. The fourth-order valence-electron chi connectivity index (χ4n) is 3.64. The fraction of sp³-hybridized carbons (Fsp3) is 0.500. The van der Waals surface area contributed by atoms with Crippen molar-refractivity contribution in [1.82, 2.24) is 14.8 Å². The average Bonchev–Trinajstić information content (AvgIpc) is 3.15. The number of ether oxygens (including phenoxy) is 1. The van der Waals surface area contributed by atoms with E-state index < -0.39 is 0 Å². The molecule has 0 N–H and O–H groups in total. The van der Waals surface area contributed by atoms with Crippen LogP contribution >= 0.6 is 11.3 Å². The number of hydrogen-bond acceptors (Lipinski definition) is 5. The molecule has 0 unspecified atom stereocenters. The maximum atomic E-state index is 6.04. The predicted molar refractivity (Wildman–Crippen MR) is 92.5 cm³/mol. The highest BCUT2D eigenvalue weighted by molar-refractivity contribution is 7.09. The van der Waals surface area contributed by atoms with Gasteiger partial charge in [0, 0.05) is 37.3 Å². The number of likely N-dealkylation sites (tertiary alicyclic amines) is 1. The quantitative estimate of drug-likeness (QED) is 0.862. The van der Waals surface area contributed by atoms with E-state index in [1.54, 1.807) is 11.3 Å². The van der Waals surface area contributed by atoms with Gasteiger partial charge in [-0.2, -0.15) is 0 Å². The Morgan fingerprint density at radius 2 is 2.09 bits per heavy atom. The van der Waals surface area contributed by atoms with Gasteiger partial charge in [-0.1, -0.05) is 30.3 Å². The molecule has 2 atom stereocenters. The first-order chi connectivity index (χ1) is 11.3. The van der Waals surface area contributed by atoms with Gasteiger partial charge in [0.1, 0.15) is 5.01 Å². The zero-order chi connectivity index (χ0) is 15.6. The van der Waals surface area contributed by atoms with Crippen molar-refractivity contribution in [3.05, 3.63) is 52.0 Å². The average molecular weight is 329 g/mol. The minimum absolute atomic E-state index is 0.341. The molecule has 5 heteroatoms. The highest BCUT2D eigenvalue weighted by Crippen LogP contribution is 2.26. The number of rotatable bonds is 4. The van der Waals surface area contributed by atoms with Crippen molar-refractivity contribution in [1.29, 1.82) is 0 Å². The largest absolute Gasteiger partial charge is 0.374 e. The normalized spacial score (nSPS) is 25.6. The summed E-state index contributed by atoms with van der Waals surface area (Å²) in [5, 5.41) is 3.35. The number of nitrogens with zero attached hydrogens (tertiary/aromatic N) is 3. The van der Waals surface area contributed by atoms with Crippen molar-refractivity contribution >= 4 is 11.3 Å². The number of aryl methyl sites for hydroxylation is 1. The smallest absolute Gasteiger partial charge is 0.107 e. The third-order valence-electron chi connectivity index (χ3n) is 4.75. The molecule has 0 bridgehead atoms. The monoisotopic (exact) mass is 329 g/mol. The molecule has 4 nitrogen and oxygen atoms in total. The van der Waals surface area contributed by atoms with Crippen molar-refractivity contribution in [2.75, 3.05) is 26.2 Å². The van der Waals surface area contributed by atoms with E-state index in [4.69, 9.17) is 4.74 Å². The van der Waals surface area contributed by atoms with Crippen LogP contribution < -0.4 is 0 Å². The van der Waals surface area contributed by atoms with Gasteiger partial charge in [0.25, 0.3) is 0 Å². The van der Waals surface area contributed by atoms with Crippen molar-refractivity contribution in [2.24, 2.45) is 0 Å². The maximum Gasteiger partial charge on any atom is 0.107 e. The Kier molecular flexibility index (Phi) is 4.44. The summed E-state index contributed by atoms with van der Waals surface area (Å²) in [6.45, 7) is 8.02. The zero-order valence-electron chi connectivity index (χ0n) is 13.5. The molecule has 2 saturated heterocycles. The Balaban J connectivity index is 1.42. The molecule has 2 aliphatic heterocycles. The Morgan fingerprint density at radius 1 is 1.22 bits per heavy atom. The van der Waals surface area contributed by atoms with Crippen LogP contribution in [0.2, 0.25) is 0 Å². The summed E-state index contributed by atoms with van der Waals surface area (Å²) in [6.07, 6.45) is 0.341. The molecule has 0 aliphatic carbocycles. The van der Waals surface area contributed by atoms with E-state index >= 15 is 0 Å². The number of fused-ring (bicyclic) bond motifs is 1. The van der Waals surface area contributed by atoms with Crippen LogP contribution in [-0.2, 0) is 17.8 Å². The van der Waals surface area contributed by atoms with E-state index in [9.17, 15) is 0 Å². The SMILES string of the molecule is Cc1csc(CN2C[C@@H]3[C@@H](C2)OCCN3Cc2ccccc2)n1. The third-order valence-corrected chi connectivity index (χ3v) is 5.70. The molecular weight excluding hydrogens is 306 g/mol. The summed E-state index contributed by atoms with van der Waals surface area (Å²) in [7, 11) is 0. The van der Waals surface area contributed by atoms with E-state index in [2.05, 4.69) is 57.4 Å². The van der Waals surface area contributed by atoms with Crippen molar-refractivity contribution in [3.63, 3.8) is 0 Å². The van der Waals surface area contributed by atoms with Gasteiger partial charge >= 0.3 is 0 Å². The molecule has 23 heavy (non-hydrogen) atoms. The van der Waals surface area contributed by atoms with Crippen molar-refractivity contribution in [3.8, 4) is 0 Å². The fourth-order valence-corrected chi connectivity index (χ4v) is 4.46. The summed E-state index contributed by atoms with van der Waals surface area (Å²) in [6, 6.07) is 11.3. The van der Waals surface area contributed by atoms with Gasteiger partial charge in [-0.15, -0.1) is 11.3 Å². The number of morpholine rings is 1. The second kappa shape index (κ2) is 6.69. The summed E-state index contributed by atoms with van der Waals surface area (Å²) in [5.74, 6) is 0. The Hall–Kier alpha value is -1.27. The van der Waals surface area contributed by atoms with Crippen LogP contribution in [0, 0.1) is 6.92 Å². The Bertz CT molecular complexity index is 645. The lowest BCUT2D eigenvalue weighted by atomic mass is 10.1. The molecular formula is C18H23N3OS. The predicted octanol–water partition coefficient (Wildman–Crippen LogP) is 2.54. The van der Waals surface area contributed by atoms with Crippen LogP contribution in [0.3, 0.4) is 0 Å². The number of aromatic nitrogens is 1. The first kappa shape index (κ1) is 15.3. The van der Waals surface area contributed by atoms with E-state index in [1.165, 1.54) is 10.6 Å². The molecule has 2 aliphatic rings. The summed E-state index contributed by atoms with van der Waals surface area (Å²) in [4.78, 5) is 9.69. The van der Waals surface area contributed by atoms with Crippen molar-refractivity contribution in [2.45, 2.75) is 32.2 Å². The molecule has 0 amide bonds. The zero-order valence-corrected chi connectivity index (χ0v) is 14.3. The highest BCUT2D eigenvalue weighted by Gasteiger charge is 2.40. The van der Waals surface area contributed by atoms with Gasteiger partial charge < -0.3 is 4.74 Å². The third kappa shape index (κ3) is 3.48. The molecule has 3 heterocycles. The standard InChI is InChI=1S/C18H23N3OS/c1-14-13-23-18(19-14)12-20-10-16-17(11-20)22-8-7-21(16)9-15-5-3-2-4-6-15/h2-6,13,16-17H,7-12H2,1H3/t16-,17-/m1/s1. The van der Waals surface area contributed by atoms with Gasteiger partial charge in [-0.25, -0.2) is 4.98 Å². The highest BCUT2D eigenvalue weighted by atomic mass is 32.1. The van der Waals surface area contributed by atoms with Crippen LogP contribution in [0.4, 0.5) is 0 Å².